The molecule has 0 aliphatic heterocycles. The summed E-state index contributed by atoms with van der Waals surface area (Å²) >= 11 is 0. The van der Waals surface area contributed by atoms with E-state index in [0.717, 1.165) is 12.7 Å². The lowest BCUT2D eigenvalue weighted by molar-refractivity contribution is -0.107. The predicted molar refractivity (Wildman–Crippen MR) is 54.8 cm³/mol. The molecule has 0 heterocycles. The molecule has 0 N–H and O–H groups in total. The van der Waals surface area contributed by atoms with E-state index in [9.17, 15) is 4.79 Å². The zero-order chi connectivity index (χ0) is 9.68. The average molecular weight is 176 g/mol. The molecular formula is C12H16O. The first-order valence-corrected chi connectivity index (χ1v) is 4.74. The van der Waals surface area contributed by atoms with Crippen molar-refractivity contribution in [1.82, 2.24) is 0 Å². The zero-order valence-corrected chi connectivity index (χ0v) is 8.29. The average Bonchev–Trinajstić information content (AvgIpc) is 2.08. The van der Waals surface area contributed by atoms with E-state index < -0.39 is 0 Å². The molecule has 0 aliphatic rings. The topological polar surface area (TPSA) is 17.1 Å². The van der Waals surface area contributed by atoms with Crippen molar-refractivity contribution in [3.63, 3.8) is 0 Å². The monoisotopic (exact) mass is 176 g/mol. The van der Waals surface area contributed by atoms with Crippen LogP contribution in [0.2, 0.25) is 0 Å². The van der Waals surface area contributed by atoms with Crippen molar-refractivity contribution < 1.29 is 4.79 Å². The summed E-state index contributed by atoms with van der Waals surface area (Å²) < 4.78 is 0. The Balaban J connectivity index is 2.83. The fraction of sp³-hybridized carbons (Fsp3) is 0.417. The second kappa shape index (κ2) is 4.80. The van der Waals surface area contributed by atoms with Crippen LogP contribution in [-0.4, -0.2) is 6.29 Å². The molecule has 0 unspecified atom stereocenters. The highest BCUT2D eigenvalue weighted by molar-refractivity contribution is 5.56. The van der Waals surface area contributed by atoms with Crippen LogP contribution in [-0.2, 0) is 17.6 Å². The van der Waals surface area contributed by atoms with E-state index in [-0.39, 0.29) is 0 Å². The van der Waals surface area contributed by atoms with Crippen LogP contribution in [0.1, 0.15) is 25.0 Å². The van der Waals surface area contributed by atoms with Gasteiger partial charge in [-0.1, -0.05) is 38.1 Å². The zero-order valence-electron chi connectivity index (χ0n) is 8.29. The van der Waals surface area contributed by atoms with Gasteiger partial charge >= 0.3 is 0 Å². The van der Waals surface area contributed by atoms with Crippen LogP contribution >= 0.6 is 0 Å². The third-order valence-electron chi connectivity index (χ3n) is 2.05. The number of carbonyl (C=O) groups excluding carboxylic acids is 1. The van der Waals surface area contributed by atoms with Gasteiger partial charge in [-0.05, 0) is 23.5 Å². The van der Waals surface area contributed by atoms with Crippen LogP contribution in [0.5, 0.6) is 0 Å². The Bertz CT molecular complexity index is 276. The van der Waals surface area contributed by atoms with Gasteiger partial charge in [0.15, 0.2) is 0 Å². The molecule has 0 saturated carbocycles. The molecule has 13 heavy (non-hydrogen) atoms. The fourth-order valence-corrected chi connectivity index (χ4v) is 1.49. The molecule has 0 atom stereocenters. The van der Waals surface area contributed by atoms with Crippen LogP contribution in [0.15, 0.2) is 24.3 Å². The highest BCUT2D eigenvalue weighted by atomic mass is 16.1. The minimum absolute atomic E-state index is 0.545. The van der Waals surface area contributed by atoms with Crippen LogP contribution in [0, 0.1) is 5.92 Å². The van der Waals surface area contributed by atoms with E-state index >= 15 is 0 Å². The van der Waals surface area contributed by atoms with Crippen LogP contribution in [0.3, 0.4) is 0 Å². The molecule has 0 fully saturated rings. The Morgan fingerprint density at radius 3 is 2.38 bits per heavy atom. The highest BCUT2D eigenvalue weighted by Crippen LogP contribution is 2.13. The molecule has 0 radical (unpaired) electrons. The summed E-state index contributed by atoms with van der Waals surface area (Å²) in [6.07, 6.45) is 2.58. The van der Waals surface area contributed by atoms with Crippen molar-refractivity contribution in [2.45, 2.75) is 26.7 Å². The number of aldehydes is 1. The third kappa shape index (κ3) is 3.02. The van der Waals surface area contributed by atoms with Gasteiger partial charge in [-0.15, -0.1) is 0 Å². The van der Waals surface area contributed by atoms with Crippen molar-refractivity contribution >= 4 is 6.29 Å². The largest absolute Gasteiger partial charge is 0.303 e. The molecule has 70 valence electrons. The summed E-state index contributed by atoms with van der Waals surface area (Å²) in [7, 11) is 0. The van der Waals surface area contributed by atoms with Crippen molar-refractivity contribution in [2.75, 3.05) is 0 Å². The first-order valence-electron chi connectivity index (χ1n) is 4.74. The summed E-state index contributed by atoms with van der Waals surface area (Å²) in [5, 5.41) is 0. The Morgan fingerprint density at radius 1 is 1.23 bits per heavy atom. The third-order valence-corrected chi connectivity index (χ3v) is 2.05. The lowest BCUT2D eigenvalue weighted by Crippen LogP contribution is -1.99. The Kier molecular flexibility index (Phi) is 3.69. The van der Waals surface area contributed by atoms with Gasteiger partial charge in [0, 0.05) is 6.42 Å². The smallest absolute Gasteiger partial charge is 0.124 e. The Morgan fingerprint density at radius 2 is 1.85 bits per heavy atom. The van der Waals surface area contributed by atoms with Gasteiger partial charge in [-0.3, -0.25) is 0 Å². The van der Waals surface area contributed by atoms with E-state index in [0.29, 0.717) is 12.3 Å². The molecule has 0 aromatic heterocycles. The normalized spacial score (nSPS) is 10.4. The van der Waals surface area contributed by atoms with Crippen molar-refractivity contribution in [1.29, 1.82) is 0 Å². The van der Waals surface area contributed by atoms with Crippen molar-refractivity contribution in [3.05, 3.63) is 35.4 Å². The minimum Gasteiger partial charge on any atom is -0.303 e. The fourth-order valence-electron chi connectivity index (χ4n) is 1.49. The van der Waals surface area contributed by atoms with Gasteiger partial charge in [0.2, 0.25) is 0 Å². The number of rotatable bonds is 4. The summed E-state index contributed by atoms with van der Waals surface area (Å²) in [4.78, 5) is 10.4. The maximum Gasteiger partial charge on any atom is 0.124 e. The van der Waals surface area contributed by atoms with E-state index in [2.05, 4.69) is 19.9 Å². The van der Waals surface area contributed by atoms with Gasteiger partial charge in [-0.25, -0.2) is 0 Å². The van der Waals surface area contributed by atoms with Gasteiger partial charge < -0.3 is 4.79 Å². The summed E-state index contributed by atoms with van der Waals surface area (Å²) in [6.45, 7) is 4.38. The Labute approximate surface area is 79.8 Å². The van der Waals surface area contributed by atoms with E-state index in [1.54, 1.807) is 0 Å². The molecule has 0 aliphatic carbocycles. The van der Waals surface area contributed by atoms with E-state index in [1.807, 2.05) is 18.2 Å². The van der Waals surface area contributed by atoms with Gasteiger partial charge in [0.25, 0.3) is 0 Å². The number of hydrogen-bond donors (Lipinski definition) is 0. The molecule has 1 rings (SSSR count). The lowest BCUT2D eigenvalue weighted by Gasteiger charge is -2.08. The summed E-state index contributed by atoms with van der Waals surface area (Å²) in [6, 6.07) is 8.17. The maximum atomic E-state index is 10.4. The standard InChI is InChI=1S/C12H16O/c1-10(2)9-12-6-4-3-5-11(12)7-8-13/h3-6,8,10H,7,9H2,1-2H3. The molecule has 0 spiro atoms. The molecule has 1 heteroatoms. The summed E-state index contributed by atoms with van der Waals surface area (Å²) in [5.74, 6) is 0.646. The SMILES string of the molecule is CC(C)Cc1ccccc1CC=O. The minimum atomic E-state index is 0.545. The van der Waals surface area contributed by atoms with Crippen molar-refractivity contribution in [2.24, 2.45) is 5.92 Å². The van der Waals surface area contributed by atoms with Gasteiger partial charge in [0.05, 0.1) is 0 Å². The molecule has 0 saturated heterocycles. The maximum absolute atomic E-state index is 10.4. The molecule has 1 aromatic carbocycles. The van der Waals surface area contributed by atoms with Crippen molar-refractivity contribution in [3.8, 4) is 0 Å². The quantitative estimate of drug-likeness (QED) is 0.644. The van der Waals surface area contributed by atoms with Crippen LogP contribution in [0.4, 0.5) is 0 Å². The number of benzene rings is 1. The first-order chi connectivity index (χ1) is 6.24. The lowest BCUT2D eigenvalue weighted by atomic mass is 9.97. The van der Waals surface area contributed by atoms with E-state index in [1.165, 1.54) is 11.1 Å². The number of carbonyl (C=O) groups is 1. The second-order valence-electron chi connectivity index (χ2n) is 3.74. The molecule has 0 bridgehead atoms. The van der Waals surface area contributed by atoms with E-state index in [4.69, 9.17) is 0 Å². The van der Waals surface area contributed by atoms with Gasteiger partial charge in [0.1, 0.15) is 6.29 Å². The highest BCUT2D eigenvalue weighted by Gasteiger charge is 2.02. The molecule has 1 aromatic rings. The number of hydrogen-bond acceptors (Lipinski definition) is 1. The van der Waals surface area contributed by atoms with Crippen LogP contribution in [0.25, 0.3) is 0 Å². The van der Waals surface area contributed by atoms with Crippen LogP contribution < -0.4 is 0 Å². The summed E-state index contributed by atoms with van der Waals surface area (Å²) in [5.41, 5.74) is 2.48. The molecular weight excluding hydrogens is 160 g/mol. The first kappa shape index (κ1) is 9.97. The Hall–Kier alpha value is -1.11. The second-order valence-corrected chi connectivity index (χ2v) is 3.74. The molecule has 0 amide bonds. The predicted octanol–water partition coefficient (Wildman–Crippen LogP) is 2.63. The molecule has 1 nitrogen and oxygen atoms in total. The van der Waals surface area contributed by atoms with Gasteiger partial charge in [-0.2, -0.15) is 0 Å².